The van der Waals surface area contributed by atoms with Crippen molar-refractivity contribution in [2.45, 2.75) is 78.2 Å². The van der Waals surface area contributed by atoms with Crippen LogP contribution in [0.5, 0.6) is 0 Å². The normalized spacial score (nSPS) is 24.5. The molecule has 0 amide bonds. The topological polar surface area (TPSA) is 172 Å². The molecule has 236 valence electrons. The molecular weight excluding hydrogens is 556 g/mol. The van der Waals surface area contributed by atoms with E-state index in [9.17, 15) is 33.9 Å². The van der Waals surface area contributed by atoms with Crippen molar-refractivity contribution in [3.05, 3.63) is 60.3 Å². The summed E-state index contributed by atoms with van der Waals surface area (Å²) in [4.78, 5) is 63.1. The summed E-state index contributed by atoms with van der Waals surface area (Å²) in [6, 6.07) is 0. The van der Waals surface area contributed by atoms with Crippen LogP contribution in [0.1, 0.15) is 72.6 Å². The Morgan fingerprint density at radius 1 is 1.07 bits per heavy atom. The quantitative estimate of drug-likeness (QED) is 0.213. The van der Waals surface area contributed by atoms with E-state index in [1.165, 1.54) is 49.1 Å². The molecule has 4 rings (SSSR count). The molecule has 10 nitrogen and oxygen atoms in total. The van der Waals surface area contributed by atoms with Gasteiger partial charge in [0.2, 0.25) is 0 Å². The first-order valence-corrected chi connectivity index (χ1v) is 14.1. The smallest absolute Gasteiger partial charge is 0.336 e. The summed E-state index contributed by atoms with van der Waals surface area (Å²) in [5.41, 5.74) is 1.70. The average Bonchev–Trinajstić information content (AvgIpc) is 3.59. The number of aliphatic hydroxyl groups is 1. The Balaban J connectivity index is 0.000000291. The van der Waals surface area contributed by atoms with Crippen LogP contribution in [0.3, 0.4) is 0 Å². The Bertz CT molecular complexity index is 1200. The van der Waals surface area contributed by atoms with Crippen molar-refractivity contribution >= 4 is 35.3 Å². The second-order valence-corrected chi connectivity index (χ2v) is 11.7. The first-order chi connectivity index (χ1) is 19.9. The number of carboxylic acid groups (broad SMARTS) is 2. The van der Waals surface area contributed by atoms with Gasteiger partial charge >= 0.3 is 17.9 Å². The van der Waals surface area contributed by atoms with Crippen molar-refractivity contribution in [1.82, 2.24) is 0 Å². The molecule has 0 bridgehead atoms. The number of fused-ring (bicyclic) bond motifs is 1. The minimum atomic E-state index is -2.61. The van der Waals surface area contributed by atoms with E-state index in [0.29, 0.717) is 12.3 Å². The third-order valence-electron chi connectivity index (χ3n) is 8.28. The number of ketones is 3. The fourth-order valence-corrected chi connectivity index (χ4v) is 5.13. The number of methoxy groups -OCH3 is 1. The molecule has 2 saturated carbocycles. The first kappa shape index (κ1) is 37.1. The maximum absolute atomic E-state index is 11.2. The highest BCUT2D eigenvalue weighted by atomic mass is 16.5. The molecule has 0 aromatic carbocycles. The molecule has 0 heterocycles. The van der Waals surface area contributed by atoms with Gasteiger partial charge in [-0.05, 0) is 92.6 Å². The Hall–Kier alpha value is -3.92. The van der Waals surface area contributed by atoms with Gasteiger partial charge in [0.05, 0.1) is 20.0 Å². The van der Waals surface area contributed by atoms with Gasteiger partial charge in [0.25, 0.3) is 0 Å². The van der Waals surface area contributed by atoms with Gasteiger partial charge < -0.3 is 20.1 Å². The number of esters is 1. The molecule has 0 saturated heterocycles. The molecule has 2 fully saturated rings. The van der Waals surface area contributed by atoms with Crippen LogP contribution in [0, 0.1) is 23.2 Å². The number of rotatable bonds is 7. The summed E-state index contributed by atoms with van der Waals surface area (Å²) in [6.07, 6.45) is 10.9. The van der Waals surface area contributed by atoms with E-state index in [1.54, 1.807) is 0 Å². The Morgan fingerprint density at radius 2 is 1.60 bits per heavy atom. The summed E-state index contributed by atoms with van der Waals surface area (Å²) < 4.78 is 4.12. The number of carboxylic acids is 2. The van der Waals surface area contributed by atoms with Gasteiger partial charge in [-0.15, -0.1) is 0 Å². The zero-order valence-corrected chi connectivity index (χ0v) is 25.7. The summed E-state index contributed by atoms with van der Waals surface area (Å²) in [5, 5.41) is 26.1. The number of allylic oxidation sites excluding steroid dienone is 8. The van der Waals surface area contributed by atoms with Crippen LogP contribution >= 0.6 is 0 Å². The second kappa shape index (κ2) is 16.1. The van der Waals surface area contributed by atoms with Crippen molar-refractivity contribution in [2.24, 2.45) is 23.2 Å². The predicted octanol–water partition coefficient (Wildman–Crippen LogP) is 4.58. The van der Waals surface area contributed by atoms with Crippen molar-refractivity contribution in [3.8, 4) is 0 Å². The molecule has 0 aromatic rings. The van der Waals surface area contributed by atoms with Crippen LogP contribution in [0.15, 0.2) is 60.3 Å². The van der Waals surface area contributed by atoms with E-state index in [-0.39, 0.29) is 17.3 Å². The highest BCUT2D eigenvalue weighted by Gasteiger charge is 2.59. The van der Waals surface area contributed by atoms with E-state index in [4.69, 9.17) is 10.2 Å². The highest BCUT2D eigenvalue weighted by Crippen LogP contribution is 2.69. The van der Waals surface area contributed by atoms with Gasteiger partial charge in [-0.25, -0.2) is 4.79 Å². The Morgan fingerprint density at radius 3 is 1.91 bits per heavy atom. The lowest BCUT2D eigenvalue weighted by atomic mass is 9.85. The third kappa shape index (κ3) is 11.4. The number of ether oxygens (including phenoxy) is 1. The molecule has 3 unspecified atom stereocenters. The largest absolute Gasteiger partial charge is 0.481 e. The van der Waals surface area contributed by atoms with Gasteiger partial charge in [-0.3, -0.25) is 24.0 Å². The van der Waals surface area contributed by atoms with E-state index >= 15 is 0 Å². The van der Waals surface area contributed by atoms with Gasteiger partial charge in [0.1, 0.15) is 0 Å². The van der Waals surface area contributed by atoms with Crippen molar-refractivity contribution in [2.75, 3.05) is 7.11 Å². The molecule has 43 heavy (non-hydrogen) atoms. The SMILES string of the molecule is C=C(C)[C@H]1CC=C(C)C(=O)C1.C=C1CCC2(C(C)C)CC12.COC(=O)CC(O)(CC(=O)O)C(=O)O.O=C1C=CC(=O)C=C1. The van der Waals surface area contributed by atoms with Gasteiger partial charge in [-0.2, -0.15) is 0 Å². The van der Waals surface area contributed by atoms with Crippen LogP contribution in [0.25, 0.3) is 0 Å². The monoisotopic (exact) mass is 600 g/mol. The molecular formula is C33H44O10. The molecule has 4 aliphatic rings. The predicted molar refractivity (Wildman–Crippen MR) is 160 cm³/mol. The lowest BCUT2D eigenvalue weighted by molar-refractivity contribution is -0.171. The molecule has 4 aliphatic carbocycles. The number of hydrogen-bond donors (Lipinski definition) is 3. The lowest BCUT2D eigenvalue weighted by Gasteiger charge is -2.19. The Labute approximate surface area is 252 Å². The van der Waals surface area contributed by atoms with Crippen LogP contribution in [0.2, 0.25) is 0 Å². The van der Waals surface area contributed by atoms with Crippen LogP contribution < -0.4 is 0 Å². The molecule has 10 heteroatoms. The van der Waals surface area contributed by atoms with Crippen molar-refractivity contribution in [3.63, 3.8) is 0 Å². The number of Topliss-reactive ketones (excluding diaryl/α,β-unsaturated/α-hetero) is 1. The Kier molecular flexibility index (Phi) is 13.9. The highest BCUT2D eigenvalue weighted by molar-refractivity contribution is 6.14. The zero-order valence-electron chi connectivity index (χ0n) is 25.7. The van der Waals surface area contributed by atoms with Crippen LogP contribution in [0.4, 0.5) is 0 Å². The van der Waals surface area contributed by atoms with E-state index in [0.717, 1.165) is 41.9 Å². The number of carbonyl (C=O) groups excluding carboxylic acids is 4. The molecule has 0 spiro atoms. The fraction of sp³-hybridized carbons (Fsp3) is 0.515. The van der Waals surface area contributed by atoms with E-state index < -0.39 is 36.4 Å². The third-order valence-corrected chi connectivity index (χ3v) is 8.28. The van der Waals surface area contributed by atoms with E-state index in [1.807, 2.05) is 19.9 Å². The lowest BCUT2D eigenvalue weighted by Crippen LogP contribution is -2.42. The summed E-state index contributed by atoms with van der Waals surface area (Å²) in [7, 11) is 1.01. The molecule has 4 atom stereocenters. The number of hydrogen-bond acceptors (Lipinski definition) is 8. The number of aliphatic carboxylic acids is 2. The summed E-state index contributed by atoms with van der Waals surface area (Å²) in [5.74, 6) is -2.03. The molecule has 3 N–H and O–H groups in total. The second-order valence-electron chi connectivity index (χ2n) is 11.7. The molecule has 0 aromatic heterocycles. The standard InChI is InChI=1S/C10H14O.C10H16.C7H10O7.C6H4O2/c1-7(2)9-5-4-8(3)10(11)6-9;1-7(2)10-5-4-8(3)9(10)6-10;1-14-5(10)3-7(13,6(11)12)2-4(8)9;7-5-1-2-6(8)4-3-5/h4,9H,1,5-6H2,2-3H3;7,9H,3-6H2,1-2H3;13H,2-3H2,1H3,(H,8,9)(H,11,12);1-4H/t9-;;;/m0.../s1. The van der Waals surface area contributed by atoms with Crippen molar-refractivity contribution < 1.29 is 48.8 Å². The van der Waals surface area contributed by atoms with E-state index in [2.05, 4.69) is 31.7 Å². The first-order valence-electron chi connectivity index (χ1n) is 14.1. The minimum Gasteiger partial charge on any atom is -0.481 e. The van der Waals surface area contributed by atoms with Crippen molar-refractivity contribution in [1.29, 1.82) is 0 Å². The van der Waals surface area contributed by atoms with Crippen LogP contribution in [-0.2, 0) is 33.5 Å². The summed E-state index contributed by atoms with van der Waals surface area (Å²) >= 11 is 0. The van der Waals surface area contributed by atoms with Gasteiger partial charge in [0, 0.05) is 6.42 Å². The minimum absolute atomic E-state index is 0.121. The maximum Gasteiger partial charge on any atom is 0.336 e. The average molecular weight is 601 g/mol. The van der Waals surface area contributed by atoms with Gasteiger partial charge in [-0.1, -0.05) is 44.2 Å². The van der Waals surface area contributed by atoms with Gasteiger partial charge in [0.15, 0.2) is 23.0 Å². The molecule has 0 radical (unpaired) electrons. The fourth-order valence-electron chi connectivity index (χ4n) is 5.13. The van der Waals surface area contributed by atoms with Crippen LogP contribution in [-0.4, -0.2) is 63.3 Å². The zero-order chi connectivity index (χ0) is 33.1. The number of carbonyl (C=O) groups is 6. The molecule has 0 aliphatic heterocycles. The maximum atomic E-state index is 11.2. The summed E-state index contributed by atoms with van der Waals surface area (Å²) in [6.45, 7) is 16.6.